The van der Waals surface area contributed by atoms with Crippen molar-refractivity contribution in [3.8, 4) is 0 Å². The first-order chi connectivity index (χ1) is 5.00. The molecule has 0 radical (unpaired) electrons. The molecule has 0 heterocycles. The molecule has 0 saturated carbocycles. The van der Waals surface area contributed by atoms with E-state index in [0.717, 1.165) is 6.92 Å². The van der Waals surface area contributed by atoms with Gasteiger partial charge < -0.3 is 5.11 Å². The third-order valence-electron chi connectivity index (χ3n) is 1.29. The normalized spacial score (nSPS) is 12.3. The Morgan fingerprint density at radius 1 is 1.55 bits per heavy atom. The Balaban J connectivity index is 4.25. The van der Waals surface area contributed by atoms with Gasteiger partial charge in [-0.1, -0.05) is 6.92 Å². The first-order valence-electron chi connectivity index (χ1n) is 3.22. The molecule has 0 aliphatic carbocycles. The van der Waals surface area contributed by atoms with Crippen molar-refractivity contribution >= 4 is 11.9 Å². The van der Waals surface area contributed by atoms with Crippen molar-refractivity contribution in [2.75, 3.05) is 0 Å². The minimum absolute atomic E-state index is 0.186. The molecule has 0 bridgehead atoms. The van der Waals surface area contributed by atoms with Crippen LogP contribution in [0.2, 0.25) is 0 Å². The second kappa shape index (κ2) is 3.92. The summed E-state index contributed by atoms with van der Waals surface area (Å²) >= 11 is 0. The lowest BCUT2D eigenvalue weighted by Crippen LogP contribution is -2.41. The summed E-state index contributed by atoms with van der Waals surface area (Å²) in [4.78, 5) is 20.8. The molecule has 11 heavy (non-hydrogen) atoms. The number of nitrogens with zero attached hydrogens (tertiary/aromatic N) is 1. The summed E-state index contributed by atoms with van der Waals surface area (Å²) in [5, 5.41) is 17.5. The number of hydrogen-bond acceptors (Lipinski definition) is 3. The zero-order valence-electron chi connectivity index (χ0n) is 6.44. The van der Waals surface area contributed by atoms with Gasteiger partial charge in [-0.25, -0.2) is 9.86 Å². The Morgan fingerprint density at radius 3 is 2.09 bits per heavy atom. The van der Waals surface area contributed by atoms with Crippen molar-refractivity contribution in [1.29, 1.82) is 0 Å². The van der Waals surface area contributed by atoms with Crippen LogP contribution < -0.4 is 0 Å². The van der Waals surface area contributed by atoms with Crippen LogP contribution in [0.25, 0.3) is 0 Å². The summed E-state index contributed by atoms with van der Waals surface area (Å²) in [6, 6.07) is -1.13. The summed E-state index contributed by atoms with van der Waals surface area (Å²) in [6.07, 6.45) is 0.186. The van der Waals surface area contributed by atoms with Crippen molar-refractivity contribution in [1.82, 2.24) is 5.06 Å². The molecule has 0 rings (SSSR count). The molecular weight excluding hydrogens is 150 g/mol. The Bertz CT molecular complexity index is 168. The van der Waals surface area contributed by atoms with Crippen molar-refractivity contribution in [2.24, 2.45) is 0 Å². The zero-order valence-corrected chi connectivity index (χ0v) is 6.44. The fourth-order valence-electron chi connectivity index (χ4n) is 0.672. The van der Waals surface area contributed by atoms with Gasteiger partial charge in [0.1, 0.15) is 0 Å². The lowest BCUT2D eigenvalue weighted by atomic mass is 10.2. The molecule has 5 nitrogen and oxygen atoms in total. The van der Waals surface area contributed by atoms with Crippen molar-refractivity contribution in [2.45, 2.75) is 26.3 Å². The maximum Gasteiger partial charge on any atom is 0.329 e. The SMILES string of the molecule is CC[C@@H](C(=O)O)N(O)C(C)=O. The fourth-order valence-corrected chi connectivity index (χ4v) is 0.672. The van der Waals surface area contributed by atoms with Gasteiger partial charge in [0, 0.05) is 6.92 Å². The Kier molecular flexibility index (Phi) is 3.53. The van der Waals surface area contributed by atoms with Crippen LogP contribution in [0, 0.1) is 0 Å². The Labute approximate surface area is 64.2 Å². The molecule has 0 aromatic heterocycles. The molecule has 0 saturated heterocycles. The smallest absolute Gasteiger partial charge is 0.329 e. The highest BCUT2D eigenvalue weighted by molar-refractivity contribution is 5.81. The molecule has 0 aliphatic rings. The molecule has 0 aromatic rings. The van der Waals surface area contributed by atoms with Crippen LogP contribution in [0.5, 0.6) is 0 Å². The molecule has 0 unspecified atom stereocenters. The van der Waals surface area contributed by atoms with Crippen LogP contribution >= 0.6 is 0 Å². The second-order valence-electron chi connectivity index (χ2n) is 2.13. The van der Waals surface area contributed by atoms with E-state index in [1.165, 1.54) is 0 Å². The zero-order chi connectivity index (χ0) is 9.02. The van der Waals surface area contributed by atoms with E-state index >= 15 is 0 Å². The van der Waals surface area contributed by atoms with Crippen molar-refractivity contribution < 1.29 is 19.9 Å². The van der Waals surface area contributed by atoms with E-state index in [1.54, 1.807) is 6.92 Å². The van der Waals surface area contributed by atoms with Gasteiger partial charge in [-0.05, 0) is 6.42 Å². The van der Waals surface area contributed by atoms with Gasteiger partial charge in [-0.2, -0.15) is 0 Å². The average Bonchev–Trinajstić information content (AvgIpc) is 1.88. The number of aliphatic carboxylic acids is 1. The molecule has 0 aromatic carbocycles. The molecule has 0 aliphatic heterocycles. The van der Waals surface area contributed by atoms with E-state index in [-0.39, 0.29) is 11.5 Å². The van der Waals surface area contributed by atoms with Gasteiger partial charge in [0.15, 0.2) is 6.04 Å². The minimum atomic E-state index is -1.20. The highest BCUT2D eigenvalue weighted by Crippen LogP contribution is 2.00. The molecular formula is C6H11NO4. The van der Waals surface area contributed by atoms with Gasteiger partial charge in [-0.3, -0.25) is 10.0 Å². The highest BCUT2D eigenvalue weighted by atomic mass is 16.5. The number of carbonyl (C=O) groups excluding carboxylic acids is 1. The lowest BCUT2D eigenvalue weighted by molar-refractivity contribution is -0.184. The maximum atomic E-state index is 10.5. The van der Waals surface area contributed by atoms with E-state index < -0.39 is 17.9 Å². The van der Waals surface area contributed by atoms with Crippen LogP contribution in [-0.4, -0.2) is 33.3 Å². The summed E-state index contributed by atoms with van der Waals surface area (Å²) in [6.45, 7) is 2.68. The number of hydrogen-bond donors (Lipinski definition) is 2. The number of carboxylic acid groups (broad SMARTS) is 1. The van der Waals surface area contributed by atoms with Crippen LogP contribution in [0.4, 0.5) is 0 Å². The molecule has 2 N–H and O–H groups in total. The molecule has 0 fully saturated rings. The van der Waals surface area contributed by atoms with E-state index in [1.807, 2.05) is 0 Å². The predicted molar refractivity (Wildman–Crippen MR) is 36.0 cm³/mol. The predicted octanol–water partition coefficient (Wildman–Crippen LogP) is 0.0873. The largest absolute Gasteiger partial charge is 0.480 e. The van der Waals surface area contributed by atoms with E-state index in [2.05, 4.69) is 0 Å². The van der Waals surface area contributed by atoms with Gasteiger partial charge in [0.2, 0.25) is 5.91 Å². The quantitative estimate of drug-likeness (QED) is 0.454. The summed E-state index contributed by atoms with van der Waals surface area (Å²) in [5.41, 5.74) is 0. The van der Waals surface area contributed by atoms with E-state index in [4.69, 9.17) is 10.3 Å². The van der Waals surface area contributed by atoms with Gasteiger partial charge >= 0.3 is 5.97 Å². The first kappa shape index (κ1) is 9.90. The summed E-state index contributed by atoms with van der Waals surface area (Å²) in [5.74, 6) is -1.87. The fraction of sp³-hybridized carbons (Fsp3) is 0.667. The average molecular weight is 161 g/mol. The molecule has 1 amide bonds. The number of rotatable bonds is 3. The maximum absolute atomic E-state index is 10.5. The Morgan fingerprint density at radius 2 is 2.00 bits per heavy atom. The van der Waals surface area contributed by atoms with E-state index in [9.17, 15) is 9.59 Å². The summed E-state index contributed by atoms with van der Waals surface area (Å²) in [7, 11) is 0. The van der Waals surface area contributed by atoms with Gasteiger partial charge in [0.25, 0.3) is 0 Å². The number of carbonyl (C=O) groups is 2. The molecule has 5 heteroatoms. The van der Waals surface area contributed by atoms with Crippen LogP contribution in [0.3, 0.4) is 0 Å². The third kappa shape index (κ3) is 2.55. The molecule has 64 valence electrons. The standard InChI is InChI=1S/C6H11NO4/c1-3-5(6(9)10)7(11)4(2)8/h5,11H,3H2,1-2H3,(H,9,10)/t5-/m0/s1. The van der Waals surface area contributed by atoms with E-state index in [0.29, 0.717) is 0 Å². The third-order valence-corrected chi connectivity index (χ3v) is 1.29. The van der Waals surface area contributed by atoms with Crippen LogP contribution in [0.15, 0.2) is 0 Å². The monoisotopic (exact) mass is 161 g/mol. The molecule has 1 atom stereocenters. The van der Waals surface area contributed by atoms with Crippen molar-refractivity contribution in [3.63, 3.8) is 0 Å². The van der Waals surface area contributed by atoms with Crippen LogP contribution in [0.1, 0.15) is 20.3 Å². The topological polar surface area (TPSA) is 77.8 Å². The number of amides is 1. The Hall–Kier alpha value is -1.10. The number of carboxylic acids is 1. The van der Waals surface area contributed by atoms with Gasteiger partial charge in [0.05, 0.1) is 0 Å². The van der Waals surface area contributed by atoms with Crippen LogP contribution in [-0.2, 0) is 9.59 Å². The number of hydroxylamine groups is 2. The first-order valence-corrected chi connectivity index (χ1v) is 3.22. The second-order valence-corrected chi connectivity index (χ2v) is 2.13. The lowest BCUT2D eigenvalue weighted by Gasteiger charge is -2.19. The highest BCUT2D eigenvalue weighted by Gasteiger charge is 2.24. The van der Waals surface area contributed by atoms with Gasteiger partial charge in [-0.15, -0.1) is 0 Å². The molecule has 0 spiro atoms. The summed E-state index contributed by atoms with van der Waals surface area (Å²) < 4.78 is 0. The minimum Gasteiger partial charge on any atom is -0.480 e. The van der Waals surface area contributed by atoms with Crippen molar-refractivity contribution in [3.05, 3.63) is 0 Å².